The zero-order chi connectivity index (χ0) is 14.3. The number of amides is 1. The van der Waals surface area contributed by atoms with Crippen molar-refractivity contribution >= 4 is 5.91 Å². The van der Waals surface area contributed by atoms with Crippen LogP contribution < -0.4 is 5.32 Å². The fraction of sp³-hybridized carbons (Fsp3) is 0.333. The molecule has 1 aromatic carbocycles. The molecule has 3 rings (SSSR count). The lowest BCUT2D eigenvalue weighted by Gasteiger charge is -2.21. The molecule has 0 saturated carbocycles. The molecule has 0 saturated heterocycles. The Kier molecular flexibility index (Phi) is 2.78. The third kappa shape index (κ3) is 2.27. The summed E-state index contributed by atoms with van der Waals surface area (Å²) in [6, 6.07) is 6.76. The van der Waals surface area contributed by atoms with Gasteiger partial charge >= 0.3 is 0 Å². The normalized spacial score (nSPS) is 17.2. The van der Waals surface area contributed by atoms with Gasteiger partial charge in [-0.1, -0.05) is 13.8 Å². The third-order valence-electron chi connectivity index (χ3n) is 3.52. The van der Waals surface area contributed by atoms with Crippen LogP contribution in [-0.4, -0.2) is 27.5 Å². The Bertz CT molecular complexity index is 656. The molecule has 2 aromatic rings. The topological polar surface area (TPSA) is 78.0 Å². The first kappa shape index (κ1) is 12.7. The number of aromatic amines is 1. The van der Waals surface area contributed by atoms with Crippen molar-refractivity contribution in [3.8, 4) is 17.1 Å². The van der Waals surface area contributed by atoms with Gasteiger partial charge in [-0.05, 0) is 36.1 Å². The van der Waals surface area contributed by atoms with Crippen LogP contribution >= 0.6 is 0 Å². The third-order valence-corrected chi connectivity index (χ3v) is 3.52. The molecular formula is C15H17N3O2. The fourth-order valence-corrected chi connectivity index (χ4v) is 2.43. The van der Waals surface area contributed by atoms with E-state index in [2.05, 4.69) is 29.1 Å². The summed E-state index contributed by atoms with van der Waals surface area (Å²) in [5.41, 5.74) is 2.19. The number of phenolic OH excluding ortho intramolecular Hbond substituents is 1. The predicted octanol–water partition coefficient (Wildman–Crippen LogP) is 2.09. The van der Waals surface area contributed by atoms with Crippen LogP contribution in [0.2, 0.25) is 0 Å². The Morgan fingerprint density at radius 3 is 2.65 bits per heavy atom. The van der Waals surface area contributed by atoms with E-state index in [1.807, 2.05) is 0 Å². The number of hydrogen-bond donors (Lipinski definition) is 3. The van der Waals surface area contributed by atoms with E-state index in [1.54, 1.807) is 24.3 Å². The van der Waals surface area contributed by atoms with Gasteiger partial charge in [0.25, 0.3) is 5.91 Å². The molecule has 0 aliphatic carbocycles. The molecule has 0 bridgehead atoms. The summed E-state index contributed by atoms with van der Waals surface area (Å²) in [6.07, 6.45) is 0.770. The van der Waals surface area contributed by atoms with Crippen molar-refractivity contribution in [2.45, 2.75) is 20.3 Å². The van der Waals surface area contributed by atoms with Gasteiger partial charge in [0.2, 0.25) is 0 Å². The van der Waals surface area contributed by atoms with E-state index in [4.69, 9.17) is 0 Å². The van der Waals surface area contributed by atoms with Crippen molar-refractivity contribution in [3.05, 3.63) is 35.7 Å². The lowest BCUT2D eigenvalue weighted by molar-refractivity contribution is 0.0940. The van der Waals surface area contributed by atoms with E-state index >= 15 is 0 Å². The Morgan fingerprint density at radius 2 is 1.95 bits per heavy atom. The smallest absolute Gasteiger partial charge is 0.271 e. The molecule has 104 valence electrons. The predicted molar refractivity (Wildman–Crippen MR) is 75.5 cm³/mol. The van der Waals surface area contributed by atoms with E-state index in [9.17, 15) is 9.90 Å². The van der Waals surface area contributed by atoms with Crippen LogP contribution in [0.25, 0.3) is 11.4 Å². The number of fused-ring (bicyclic) bond motifs is 1. The summed E-state index contributed by atoms with van der Waals surface area (Å²) >= 11 is 0. The van der Waals surface area contributed by atoms with Gasteiger partial charge in [0.15, 0.2) is 0 Å². The van der Waals surface area contributed by atoms with Crippen LogP contribution in [-0.2, 0) is 6.42 Å². The number of aromatic hydroxyl groups is 1. The van der Waals surface area contributed by atoms with E-state index < -0.39 is 0 Å². The average molecular weight is 271 g/mol. The second-order valence-corrected chi connectivity index (χ2v) is 5.98. The number of carbonyl (C=O) groups is 1. The Morgan fingerprint density at radius 1 is 1.25 bits per heavy atom. The highest BCUT2D eigenvalue weighted by Crippen LogP contribution is 2.28. The summed E-state index contributed by atoms with van der Waals surface area (Å²) in [7, 11) is 0. The molecule has 0 atom stereocenters. The number of nitrogens with one attached hydrogen (secondary N) is 2. The van der Waals surface area contributed by atoms with Gasteiger partial charge in [-0.25, -0.2) is 4.98 Å². The highest BCUT2D eigenvalue weighted by Gasteiger charge is 2.29. The molecule has 2 heterocycles. The maximum Gasteiger partial charge on any atom is 0.271 e. The number of phenols is 1. The van der Waals surface area contributed by atoms with Gasteiger partial charge < -0.3 is 15.4 Å². The van der Waals surface area contributed by atoms with Crippen LogP contribution in [0.3, 0.4) is 0 Å². The largest absolute Gasteiger partial charge is 0.508 e. The maximum atomic E-state index is 12.1. The highest BCUT2D eigenvalue weighted by atomic mass is 16.3. The average Bonchev–Trinajstić information content (AvgIpc) is 2.76. The van der Waals surface area contributed by atoms with Gasteiger partial charge in [0, 0.05) is 17.8 Å². The standard InChI is InChI=1S/C15H17N3O2/c1-15(2)7-11-12(14(20)16-8-15)18-13(17-11)9-3-5-10(19)6-4-9/h3-6,19H,7-8H2,1-2H3,(H,16,20)(H,17,18). The minimum Gasteiger partial charge on any atom is -0.508 e. The van der Waals surface area contributed by atoms with Gasteiger partial charge in [0.1, 0.15) is 17.3 Å². The number of H-pyrrole nitrogens is 1. The molecule has 0 unspecified atom stereocenters. The molecule has 1 aromatic heterocycles. The van der Waals surface area contributed by atoms with E-state index in [0.29, 0.717) is 18.1 Å². The first-order valence-electron chi connectivity index (χ1n) is 6.61. The molecule has 1 aliphatic heterocycles. The number of benzene rings is 1. The number of aromatic nitrogens is 2. The first-order chi connectivity index (χ1) is 9.44. The van der Waals surface area contributed by atoms with Crippen LogP contribution in [0.5, 0.6) is 5.75 Å². The number of hydrogen-bond acceptors (Lipinski definition) is 3. The molecule has 1 amide bonds. The zero-order valence-corrected chi connectivity index (χ0v) is 11.5. The first-order valence-corrected chi connectivity index (χ1v) is 6.61. The molecule has 0 radical (unpaired) electrons. The van der Waals surface area contributed by atoms with Crippen molar-refractivity contribution < 1.29 is 9.90 Å². The highest BCUT2D eigenvalue weighted by molar-refractivity contribution is 5.94. The van der Waals surface area contributed by atoms with Crippen molar-refractivity contribution in [2.24, 2.45) is 5.41 Å². The fourth-order valence-electron chi connectivity index (χ4n) is 2.43. The van der Waals surface area contributed by atoms with E-state index in [-0.39, 0.29) is 17.1 Å². The van der Waals surface area contributed by atoms with Crippen molar-refractivity contribution in [1.29, 1.82) is 0 Å². The van der Waals surface area contributed by atoms with Crippen LogP contribution in [0.4, 0.5) is 0 Å². The number of imidazole rings is 1. The van der Waals surface area contributed by atoms with Crippen LogP contribution in [0, 0.1) is 5.41 Å². The van der Waals surface area contributed by atoms with E-state index in [1.165, 1.54) is 0 Å². The van der Waals surface area contributed by atoms with Crippen molar-refractivity contribution in [2.75, 3.05) is 6.54 Å². The summed E-state index contributed by atoms with van der Waals surface area (Å²) in [6.45, 7) is 4.87. The van der Waals surface area contributed by atoms with Crippen molar-refractivity contribution in [1.82, 2.24) is 15.3 Å². The molecule has 0 fully saturated rings. The Balaban J connectivity index is 2.03. The summed E-state index contributed by atoms with van der Waals surface area (Å²) in [5.74, 6) is 0.732. The van der Waals surface area contributed by atoms with Gasteiger partial charge in [-0.3, -0.25) is 4.79 Å². The second kappa shape index (κ2) is 4.37. The number of carbonyl (C=O) groups excluding carboxylic acids is 1. The van der Waals surface area contributed by atoms with Crippen molar-refractivity contribution in [3.63, 3.8) is 0 Å². The van der Waals surface area contributed by atoms with Gasteiger partial charge in [-0.2, -0.15) is 0 Å². The SMILES string of the molecule is CC1(C)CNC(=O)c2nc(-c3ccc(O)cc3)[nH]c2C1. The molecule has 3 N–H and O–H groups in total. The summed E-state index contributed by atoms with van der Waals surface area (Å²) < 4.78 is 0. The lowest BCUT2D eigenvalue weighted by Crippen LogP contribution is -2.32. The van der Waals surface area contributed by atoms with Crippen LogP contribution in [0.15, 0.2) is 24.3 Å². The molecular weight excluding hydrogens is 254 g/mol. The number of rotatable bonds is 1. The quantitative estimate of drug-likeness (QED) is 0.743. The van der Waals surface area contributed by atoms with Crippen LogP contribution in [0.1, 0.15) is 30.0 Å². The molecule has 1 aliphatic rings. The maximum absolute atomic E-state index is 12.1. The molecule has 20 heavy (non-hydrogen) atoms. The Labute approximate surface area is 117 Å². The number of nitrogens with zero attached hydrogens (tertiary/aromatic N) is 1. The zero-order valence-electron chi connectivity index (χ0n) is 11.5. The monoisotopic (exact) mass is 271 g/mol. The molecule has 5 nitrogen and oxygen atoms in total. The second-order valence-electron chi connectivity index (χ2n) is 5.98. The Hall–Kier alpha value is -2.30. The molecule has 0 spiro atoms. The minimum atomic E-state index is -0.133. The van der Waals surface area contributed by atoms with Gasteiger partial charge in [-0.15, -0.1) is 0 Å². The van der Waals surface area contributed by atoms with E-state index in [0.717, 1.165) is 17.7 Å². The minimum absolute atomic E-state index is 0.000328. The molecule has 5 heteroatoms. The van der Waals surface area contributed by atoms with Gasteiger partial charge in [0.05, 0.1) is 0 Å². The lowest BCUT2D eigenvalue weighted by atomic mass is 9.88. The summed E-state index contributed by atoms with van der Waals surface area (Å²) in [5, 5.41) is 12.2. The summed E-state index contributed by atoms with van der Waals surface area (Å²) in [4.78, 5) is 19.7.